The highest BCUT2D eigenvalue weighted by Crippen LogP contribution is 2.68. The fourth-order valence-corrected chi connectivity index (χ4v) is 6.77. The van der Waals surface area contributed by atoms with Crippen LogP contribution < -0.4 is 0 Å². The summed E-state index contributed by atoms with van der Waals surface area (Å²) in [5.74, 6) is -4.03. The Morgan fingerprint density at radius 3 is 1.60 bits per heavy atom. The van der Waals surface area contributed by atoms with Gasteiger partial charge in [0, 0.05) is 34.4 Å². The minimum Gasteiger partial charge on any atom is -0.348 e. The number of nitrogens with zero attached hydrogens (tertiary/aromatic N) is 1. The Bertz CT molecular complexity index is 1740. The minimum atomic E-state index is -2.30. The van der Waals surface area contributed by atoms with E-state index in [-0.39, 0.29) is 33.5 Å². The van der Waals surface area contributed by atoms with Gasteiger partial charge in [-0.3, -0.25) is 29.3 Å². The first-order chi connectivity index (χ1) is 19.3. The number of nitro groups is 1. The van der Waals surface area contributed by atoms with Crippen molar-refractivity contribution in [1.82, 2.24) is 0 Å². The van der Waals surface area contributed by atoms with Crippen molar-refractivity contribution < 1.29 is 28.8 Å². The van der Waals surface area contributed by atoms with Crippen molar-refractivity contribution in [2.45, 2.75) is 17.6 Å². The number of ketones is 4. The highest BCUT2D eigenvalue weighted by atomic mass is 16.6. The average molecular weight is 530 g/mol. The molecular formula is C32H19NO7. The predicted molar refractivity (Wildman–Crippen MR) is 141 cm³/mol. The molecule has 0 unspecified atom stereocenters. The molecule has 3 aliphatic rings. The molecule has 4 aromatic carbocycles. The maximum atomic E-state index is 14.6. The monoisotopic (exact) mass is 529 g/mol. The van der Waals surface area contributed by atoms with E-state index in [1.54, 1.807) is 54.6 Å². The summed E-state index contributed by atoms with van der Waals surface area (Å²) in [4.78, 5) is 69.0. The molecule has 0 bridgehead atoms. The second kappa shape index (κ2) is 8.21. The van der Waals surface area contributed by atoms with Gasteiger partial charge in [0.05, 0.1) is 10.8 Å². The normalized spacial score (nSPS) is 21.7. The summed E-state index contributed by atoms with van der Waals surface area (Å²) < 4.78 is 6.57. The van der Waals surface area contributed by atoms with Crippen LogP contribution in [0.5, 0.6) is 0 Å². The molecule has 8 nitrogen and oxygen atoms in total. The number of nitro benzene ring substituents is 1. The highest BCUT2D eigenvalue weighted by Gasteiger charge is 2.79. The number of Topliss-reactive ketones (excluding diaryl/α,β-unsaturated/α-hetero) is 4. The van der Waals surface area contributed by atoms with E-state index in [1.807, 2.05) is 0 Å². The molecule has 1 fully saturated rings. The third-order valence-corrected chi connectivity index (χ3v) is 8.35. The van der Waals surface area contributed by atoms with Crippen LogP contribution in [0.4, 0.5) is 5.69 Å². The molecule has 0 N–H and O–H groups in total. The van der Waals surface area contributed by atoms with Gasteiger partial charge in [-0.25, -0.2) is 0 Å². The molecule has 2 aliphatic carbocycles. The first-order valence-corrected chi connectivity index (χ1v) is 12.7. The van der Waals surface area contributed by atoms with Crippen molar-refractivity contribution in [3.8, 4) is 0 Å². The maximum Gasteiger partial charge on any atom is 0.269 e. The number of carbonyl (C=O) groups is 4. The van der Waals surface area contributed by atoms with Gasteiger partial charge in [0.15, 0.2) is 11.6 Å². The number of hydrogen-bond donors (Lipinski definition) is 0. The lowest BCUT2D eigenvalue weighted by atomic mass is 9.60. The molecule has 4 aromatic rings. The molecular weight excluding hydrogens is 510 g/mol. The van der Waals surface area contributed by atoms with Crippen LogP contribution in [0, 0.1) is 15.5 Å². The number of hydrogen-bond acceptors (Lipinski definition) is 7. The Hall–Kier alpha value is -5.08. The molecule has 1 saturated heterocycles. The fraction of sp³-hybridized carbons (Fsp3) is 0.125. The molecule has 1 aliphatic heterocycles. The zero-order chi connectivity index (χ0) is 27.8. The van der Waals surface area contributed by atoms with Crippen LogP contribution in [-0.4, -0.2) is 33.7 Å². The van der Waals surface area contributed by atoms with E-state index < -0.39 is 51.1 Å². The summed E-state index contributed by atoms with van der Waals surface area (Å²) in [5, 5.41) is 11.8. The molecule has 194 valence electrons. The van der Waals surface area contributed by atoms with Crippen LogP contribution in [0.1, 0.15) is 64.6 Å². The predicted octanol–water partition coefficient (Wildman–Crippen LogP) is 5.33. The van der Waals surface area contributed by atoms with Gasteiger partial charge in [-0.15, -0.1) is 0 Å². The molecule has 7 rings (SSSR count). The van der Waals surface area contributed by atoms with Crippen LogP contribution in [-0.2, 0) is 4.74 Å². The molecule has 0 amide bonds. The van der Waals surface area contributed by atoms with Crippen molar-refractivity contribution in [3.63, 3.8) is 0 Å². The highest BCUT2D eigenvalue weighted by molar-refractivity contribution is 6.37. The molecule has 2 atom stereocenters. The average Bonchev–Trinajstić information content (AvgIpc) is 3.52. The topological polar surface area (TPSA) is 121 Å². The zero-order valence-corrected chi connectivity index (χ0v) is 20.8. The van der Waals surface area contributed by atoms with Crippen LogP contribution >= 0.6 is 0 Å². The number of ether oxygens (including phenoxy) is 1. The number of non-ortho nitro benzene ring substituents is 1. The molecule has 0 aromatic heterocycles. The maximum absolute atomic E-state index is 14.6. The molecule has 1 heterocycles. The van der Waals surface area contributed by atoms with Crippen molar-refractivity contribution in [2.75, 3.05) is 0 Å². The summed E-state index contributed by atoms with van der Waals surface area (Å²) in [7, 11) is 0. The largest absolute Gasteiger partial charge is 0.348 e. The second-order valence-electron chi connectivity index (χ2n) is 10.2. The number of rotatable bonds is 3. The van der Waals surface area contributed by atoms with E-state index in [0.29, 0.717) is 5.56 Å². The van der Waals surface area contributed by atoms with E-state index >= 15 is 0 Å². The lowest BCUT2D eigenvalue weighted by molar-refractivity contribution is -0.384. The quantitative estimate of drug-likeness (QED) is 0.200. The Labute approximate surface area is 227 Å². The first-order valence-electron chi connectivity index (χ1n) is 12.7. The van der Waals surface area contributed by atoms with Crippen LogP contribution in [0.2, 0.25) is 0 Å². The summed E-state index contributed by atoms with van der Waals surface area (Å²) in [6.07, 6.45) is -1.33. The van der Waals surface area contributed by atoms with Gasteiger partial charge in [0.25, 0.3) is 5.69 Å². The van der Waals surface area contributed by atoms with Crippen LogP contribution in [0.25, 0.3) is 0 Å². The van der Waals surface area contributed by atoms with E-state index in [4.69, 9.17) is 4.74 Å². The van der Waals surface area contributed by atoms with Gasteiger partial charge in [-0.05, 0) is 11.1 Å². The number of benzene rings is 4. The Balaban J connectivity index is 1.60. The van der Waals surface area contributed by atoms with Gasteiger partial charge in [-0.1, -0.05) is 91.0 Å². The third kappa shape index (κ3) is 2.78. The SMILES string of the molecule is O=C1c2ccccc2C(=O)C12O[C@H](c1ccccc1)C1(C(=O)c3ccccc3C1=O)[C@@H]2c1cccc([N+](=O)[O-])c1. The van der Waals surface area contributed by atoms with Gasteiger partial charge in [0.1, 0.15) is 11.5 Å². The number of fused-ring (bicyclic) bond motifs is 2. The van der Waals surface area contributed by atoms with Gasteiger partial charge >= 0.3 is 0 Å². The Morgan fingerprint density at radius 2 is 1.07 bits per heavy atom. The molecule has 0 saturated carbocycles. The smallest absolute Gasteiger partial charge is 0.269 e. The zero-order valence-electron chi connectivity index (χ0n) is 20.8. The van der Waals surface area contributed by atoms with E-state index in [0.717, 1.165) is 0 Å². The lowest BCUT2D eigenvalue weighted by Gasteiger charge is -2.34. The van der Waals surface area contributed by atoms with Gasteiger partial charge < -0.3 is 4.74 Å². The van der Waals surface area contributed by atoms with Gasteiger partial charge in [-0.2, -0.15) is 0 Å². The molecule has 0 radical (unpaired) electrons. The van der Waals surface area contributed by atoms with E-state index in [9.17, 15) is 29.3 Å². The van der Waals surface area contributed by atoms with E-state index in [2.05, 4.69) is 0 Å². The van der Waals surface area contributed by atoms with E-state index in [1.165, 1.54) is 48.5 Å². The number of carbonyl (C=O) groups excluding carboxylic acids is 4. The fourth-order valence-electron chi connectivity index (χ4n) is 6.77. The summed E-state index contributed by atoms with van der Waals surface area (Å²) in [6.45, 7) is 0. The summed E-state index contributed by atoms with van der Waals surface area (Å²) in [5.41, 5.74) is -3.60. The third-order valence-electron chi connectivity index (χ3n) is 8.35. The Morgan fingerprint density at radius 1 is 0.600 bits per heavy atom. The van der Waals surface area contributed by atoms with Crippen molar-refractivity contribution in [3.05, 3.63) is 147 Å². The Kier molecular flexibility index (Phi) is 4.92. The standard InChI is InChI=1S/C32H19NO7/c34-26-21-13-4-5-14-22(21)27(35)31(26)25(19-11-8-12-20(17-19)33(38)39)32(40-30(31)18-9-2-1-3-10-18)28(36)23-15-6-7-16-24(23)29(32)37/h1-17,25,30H/t25-,30+/m0/s1. The van der Waals surface area contributed by atoms with Crippen molar-refractivity contribution >= 4 is 28.8 Å². The lowest BCUT2D eigenvalue weighted by Crippen LogP contribution is -2.51. The van der Waals surface area contributed by atoms with Crippen molar-refractivity contribution in [2.24, 2.45) is 5.41 Å². The van der Waals surface area contributed by atoms with Crippen molar-refractivity contribution in [1.29, 1.82) is 0 Å². The minimum absolute atomic E-state index is 0.113. The molecule has 8 heteroatoms. The summed E-state index contributed by atoms with van der Waals surface area (Å²) in [6, 6.07) is 26.5. The second-order valence-corrected chi connectivity index (χ2v) is 10.2. The van der Waals surface area contributed by atoms with Crippen LogP contribution in [0.3, 0.4) is 0 Å². The van der Waals surface area contributed by atoms with Crippen LogP contribution in [0.15, 0.2) is 103 Å². The molecule has 2 spiro atoms. The van der Waals surface area contributed by atoms with Gasteiger partial charge in [0.2, 0.25) is 17.2 Å². The first kappa shape index (κ1) is 24.0. The molecule has 40 heavy (non-hydrogen) atoms. The summed E-state index contributed by atoms with van der Waals surface area (Å²) >= 11 is 0.